The number of carbonyl (C=O) groups is 1. The first-order valence-corrected chi connectivity index (χ1v) is 7.03. The van der Waals surface area contributed by atoms with Crippen LogP contribution in [-0.2, 0) is 4.79 Å². The Morgan fingerprint density at radius 3 is 2.27 bits per heavy atom. The third kappa shape index (κ3) is 4.52. The van der Waals surface area contributed by atoms with Gasteiger partial charge in [-0.3, -0.25) is 4.79 Å². The molecule has 4 nitrogen and oxygen atoms in total. The van der Waals surface area contributed by atoms with E-state index in [4.69, 9.17) is 28.5 Å². The van der Waals surface area contributed by atoms with Crippen LogP contribution in [0.5, 0.6) is 0 Å². The zero-order valence-electron chi connectivity index (χ0n) is 11.3. The number of amides is 1. The summed E-state index contributed by atoms with van der Waals surface area (Å²) < 4.78 is 0. The number of halogens is 2. The van der Waals surface area contributed by atoms with Crippen LogP contribution in [0, 0.1) is 11.3 Å². The maximum Gasteiger partial charge on any atom is 0.267 e. The summed E-state index contributed by atoms with van der Waals surface area (Å²) in [6.07, 6.45) is 1.31. The number of rotatable bonds is 4. The quantitative estimate of drug-likeness (QED) is 0.642. The molecule has 0 aliphatic carbocycles. The summed E-state index contributed by atoms with van der Waals surface area (Å²) >= 11 is 11.8. The van der Waals surface area contributed by atoms with Crippen LogP contribution < -0.4 is 10.6 Å². The van der Waals surface area contributed by atoms with Crippen LogP contribution >= 0.6 is 23.2 Å². The molecule has 1 amide bonds. The van der Waals surface area contributed by atoms with E-state index in [9.17, 15) is 4.79 Å². The van der Waals surface area contributed by atoms with Crippen LogP contribution in [0.25, 0.3) is 0 Å². The van der Waals surface area contributed by atoms with E-state index in [2.05, 4.69) is 10.6 Å². The summed E-state index contributed by atoms with van der Waals surface area (Å²) in [6.45, 7) is 0. The summed E-state index contributed by atoms with van der Waals surface area (Å²) in [5.41, 5.74) is 1.12. The molecule has 110 valence electrons. The van der Waals surface area contributed by atoms with E-state index < -0.39 is 5.91 Å². The smallest absolute Gasteiger partial charge is 0.267 e. The molecular weight excluding hydrogens is 321 g/mol. The van der Waals surface area contributed by atoms with Gasteiger partial charge in [-0.1, -0.05) is 41.4 Å². The Kier molecular flexibility index (Phi) is 5.42. The Balaban J connectivity index is 2.10. The standard InChI is InChI=1S/C16H11Cl2N3O/c17-12-6-13(18)8-15(7-12)20-10-11(9-19)16(22)21-14-4-2-1-3-5-14/h1-8,10,20H,(H,21,22). The minimum atomic E-state index is -0.505. The lowest BCUT2D eigenvalue weighted by atomic mass is 10.2. The highest BCUT2D eigenvalue weighted by Gasteiger charge is 2.09. The van der Waals surface area contributed by atoms with Crippen LogP contribution in [-0.4, -0.2) is 5.91 Å². The first-order chi connectivity index (χ1) is 10.6. The minimum absolute atomic E-state index is 0.0695. The summed E-state index contributed by atoms with van der Waals surface area (Å²) in [5, 5.41) is 15.5. The van der Waals surface area contributed by atoms with E-state index in [0.717, 1.165) is 0 Å². The molecule has 0 atom stereocenters. The van der Waals surface area contributed by atoms with Gasteiger partial charge in [-0.15, -0.1) is 0 Å². The molecule has 0 aliphatic heterocycles. The van der Waals surface area contributed by atoms with Gasteiger partial charge in [0.15, 0.2) is 0 Å². The first kappa shape index (κ1) is 15.9. The first-order valence-electron chi connectivity index (χ1n) is 6.28. The summed E-state index contributed by atoms with van der Waals surface area (Å²) in [7, 11) is 0. The number of anilines is 2. The average Bonchev–Trinajstić information content (AvgIpc) is 2.48. The molecule has 0 radical (unpaired) electrons. The topological polar surface area (TPSA) is 64.9 Å². The highest BCUT2D eigenvalue weighted by Crippen LogP contribution is 2.22. The number of para-hydroxylation sites is 1. The largest absolute Gasteiger partial charge is 0.360 e. The lowest BCUT2D eigenvalue weighted by Crippen LogP contribution is -2.14. The maximum atomic E-state index is 12.0. The zero-order valence-corrected chi connectivity index (χ0v) is 12.8. The summed E-state index contributed by atoms with van der Waals surface area (Å²) in [6, 6.07) is 15.6. The molecule has 2 aromatic carbocycles. The second kappa shape index (κ2) is 7.51. The Hall–Kier alpha value is -2.48. The minimum Gasteiger partial charge on any atom is -0.360 e. The van der Waals surface area contributed by atoms with Crippen molar-refractivity contribution in [3.63, 3.8) is 0 Å². The highest BCUT2D eigenvalue weighted by molar-refractivity contribution is 6.35. The van der Waals surface area contributed by atoms with Gasteiger partial charge in [0.2, 0.25) is 0 Å². The second-order valence-corrected chi connectivity index (χ2v) is 5.17. The van der Waals surface area contributed by atoms with Gasteiger partial charge in [0.1, 0.15) is 11.6 Å². The van der Waals surface area contributed by atoms with Crippen molar-refractivity contribution < 1.29 is 4.79 Å². The number of carbonyl (C=O) groups excluding carboxylic acids is 1. The van der Waals surface area contributed by atoms with Gasteiger partial charge >= 0.3 is 0 Å². The van der Waals surface area contributed by atoms with Crippen molar-refractivity contribution in [1.29, 1.82) is 5.26 Å². The molecule has 0 aromatic heterocycles. The third-order valence-electron chi connectivity index (χ3n) is 2.64. The predicted molar refractivity (Wildman–Crippen MR) is 88.9 cm³/mol. The van der Waals surface area contributed by atoms with Gasteiger partial charge in [0, 0.05) is 27.6 Å². The lowest BCUT2D eigenvalue weighted by Gasteiger charge is -2.05. The number of nitrogens with zero attached hydrogens (tertiary/aromatic N) is 1. The molecule has 0 bridgehead atoms. The van der Waals surface area contributed by atoms with Crippen molar-refractivity contribution in [2.45, 2.75) is 0 Å². The Morgan fingerprint density at radius 2 is 1.68 bits per heavy atom. The second-order valence-electron chi connectivity index (χ2n) is 4.29. The van der Waals surface area contributed by atoms with Crippen LogP contribution in [0.3, 0.4) is 0 Å². The van der Waals surface area contributed by atoms with Crippen molar-refractivity contribution in [2.24, 2.45) is 0 Å². The lowest BCUT2D eigenvalue weighted by molar-refractivity contribution is -0.112. The molecule has 0 unspecified atom stereocenters. The number of benzene rings is 2. The molecule has 0 saturated heterocycles. The fraction of sp³-hybridized carbons (Fsp3) is 0. The zero-order chi connectivity index (χ0) is 15.9. The van der Waals surface area contributed by atoms with E-state index >= 15 is 0 Å². The summed E-state index contributed by atoms with van der Waals surface area (Å²) in [5.74, 6) is -0.505. The van der Waals surface area contributed by atoms with Gasteiger partial charge < -0.3 is 10.6 Å². The highest BCUT2D eigenvalue weighted by atomic mass is 35.5. The van der Waals surface area contributed by atoms with Crippen LogP contribution in [0.1, 0.15) is 0 Å². The molecule has 2 N–H and O–H groups in total. The fourth-order valence-electron chi connectivity index (χ4n) is 1.66. The Bertz CT molecular complexity index is 731. The molecule has 22 heavy (non-hydrogen) atoms. The Morgan fingerprint density at radius 1 is 1.05 bits per heavy atom. The average molecular weight is 332 g/mol. The van der Waals surface area contributed by atoms with E-state index in [1.165, 1.54) is 6.20 Å². The molecule has 2 aromatic rings. The molecule has 0 heterocycles. The summed E-state index contributed by atoms with van der Waals surface area (Å²) in [4.78, 5) is 12.0. The van der Waals surface area contributed by atoms with Crippen molar-refractivity contribution >= 4 is 40.5 Å². The predicted octanol–water partition coefficient (Wildman–Crippen LogP) is 4.45. The number of hydrogen-bond acceptors (Lipinski definition) is 3. The number of nitrogens with one attached hydrogen (secondary N) is 2. The van der Waals surface area contributed by atoms with Gasteiger partial charge in [0.25, 0.3) is 5.91 Å². The molecule has 0 saturated carbocycles. The molecule has 0 fully saturated rings. The molecule has 6 heteroatoms. The van der Waals surface area contributed by atoms with Crippen molar-refractivity contribution in [1.82, 2.24) is 0 Å². The van der Waals surface area contributed by atoms with Crippen LogP contribution in [0.2, 0.25) is 10.0 Å². The third-order valence-corrected chi connectivity index (χ3v) is 3.08. The van der Waals surface area contributed by atoms with Crippen molar-refractivity contribution in [3.05, 3.63) is 70.3 Å². The maximum absolute atomic E-state index is 12.0. The van der Waals surface area contributed by atoms with Crippen molar-refractivity contribution in [2.75, 3.05) is 10.6 Å². The van der Waals surface area contributed by atoms with Gasteiger partial charge in [-0.05, 0) is 30.3 Å². The van der Waals surface area contributed by atoms with E-state index in [1.54, 1.807) is 42.5 Å². The van der Waals surface area contributed by atoms with Crippen LogP contribution in [0.4, 0.5) is 11.4 Å². The van der Waals surface area contributed by atoms with Gasteiger partial charge in [-0.25, -0.2) is 0 Å². The normalized spacial score (nSPS) is 10.7. The van der Waals surface area contributed by atoms with E-state index in [0.29, 0.717) is 21.4 Å². The van der Waals surface area contributed by atoms with E-state index in [-0.39, 0.29) is 5.57 Å². The Labute approximate surface area is 138 Å². The molecule has 0 spiro atoms. The number of nitriles is 1. The SMILES string of the molecule is N#CC(=CNc1cc(Cl)cc(Cl)c1)C(=O)Nc1ccccc1. The molecule has 0 aliphatic rings. The van der Waals surface area contributed by atoms with Gasteiger partial charge in [0.05, 0.1) is 0 Å². The monoisotopic (exact) mass is 331 g/mol. The van der Waals surface area contributed by atoms with Crippen LogP contribution in [0.15, 0.2) is 60.3 Å². The van der Waals surface area contributed by atoms with E-state index in [1.807, 2.05) is 12.1 Å². The fourth-order valence-corrected chi connectivity index (χ4v) is 2.19. The van der Waals surface area contributed by atoms with Gasteiger partial charge in [-0.2, -0.15) is 5.26 Å². The molecular formula is C16H11Cl2N3O. The number of hydrogen-bond donors (Lipinski definition) is 2. The van der Waals surface area contributed by atoms with Crippen molar-refractivity contribution in [3.8, 4) is 6.07 Å². The molecule has 2 rings (SSSR count).